The number of rotatable bonds is 4. The number of benzene rings is 2. The number of para-hydroxylation sites is 1. The van der Waals surface area contributed by atoms with Crippen molar-refractivity contribution in [1.82, 2.24) is 0 Å². The molecule has 3 rings (SSSR count). The second-order valence-electron chi connectivity index (χ2n) is 5.69. The zero-order valence-corrected chi connectivity index (χ0v) is 14.6. The summed E-state index contributed by atoms with van der Waals surface area (Å²) >= 11 is 5.88. The van der Waals surface area contributed by atoms with Crippen molar-refractivity contribution < 1.29 is 9.59 Å². The van der Waals surface area contributed by atoms with E-state index in [-0.39, 0.29) is 18.2 Å². The van der Waals surface area contributed by atoms with Crippen LogP contribution in [-0.4, -0.2) is 17.5 Å². The highest BCUT2D eigenvalue weighted by molar-refractivity contribution is 6.44. The molecule has 25 heavy (non-hydrogen) atoms. The zero-order valence-electron chi connectivity index (χ0n) is 13.8. The number of carbonyl (C=O) groups excluding carboxylic acids is 2. The first-order valence-electron chi connectivity index (χ1n) is 8.13. The maximum Gasteiger partial charge on any atom is 0.271 e. The standard InChI is InChI=1S/C19H18ClN3O2/c1-2-13-5-3-4-6-16(13)21-19(25)17-11-12-18(24)23(22-17)15-9-7-14(20)8-10-15/h3-10H,2,11-12H2,1H3,(H,21,25). The Morgan fingerprint density at radius 3 is 2.60 bits per heavy atom. The Labute approximate surface area is 151 Å². The van der Waals surface area contributed by atoms with Crippen molar-refractivity contribution in [3.63, 3.8) is 0 Å². The maximum atomic E-state index is 12.6. The molecule has 1 N–H and O–H groups in total. The number of amides is 2. The number of anilines is 2. The normalized spacial score (nSPS) is 14.2. The summed E-state index contributed by atoms with van der Waals surface area (Å²) in [6, 6.07) is 14.4. The Morgan fingerprint density at radius 2 is 1.88 bits per heavy atom. The summed E-state index contributed by atoms with van der Waals surface area (Å²) in [5, 5.41) is 9.00. The van der Waals surface area contributed by atoms with Gasteiger partial charge in [-0.1, -0.05) is 36.7 Å². The topological polar surface area (TPSA) is 61.8 Å². The lowest BCUT2D eigenvalue weighted by molar-refractivity contribution is -0.118. The Bertz CT molecular complexity index is 831. The van der Waals surface area contributed by atoms with Crippen molar-refractivity contribution in [3.05, 3.63) is 59.1 Å². The van der Waals surface area contributed by atoms with Crippen LogP contribution in [-0.2, 0) is 16.0 Å². The molecule has 0 spiro atoms. The van der Waals surface area contributed by atoms with E-state index in [9.17, 15) is 9.59 Å². The third-order valence-electron chi connectivity index (χ3n) is 4.01. The minimum atomic E-state index is -0.285. The average molecular weight is 356 g/mol. The van der Waals surface area contributed by atoms with Gasteiger partial charge in [-0.25, -0.2) is 5.01 Å². The molecule has 1 aliphatic rings. The van der Waals surface area contributed by atoms with E-state index < -0.39 is 0 Å². The first-order valence-corrected chi connectivity index (χ1v) is 8.51. The van der Waals surface area contributed by atoms with Crippen LogP contribution in [0.15, 0.2) is 53.6 Å². The molecule has 0 fully saturated rings. The lowest BCUT2D eigenvalue weighted by Gasteiger charge is -2.23. The van der Waals surface area contributed by atoms with Crippen LogP contribution < -0.4 is 10.3 Å². The van der Waals surface area contributed by atoms with E-state index in [4.69, 9.17) is 11.6 Å². The van der Waals surface area contributed by atoms with Crippen LogP contribution >= 0.6 is 11.6 Å². The summed E-state index contributed by atoms with van der Waals surface area (Å²) in [4.78, 5) is 24.7. The van der Waals surface area contributed by atoms with Gasteiger partial charge >= 0.3 is 0 Å². The number of carbonyl (C=O) groups is 2. The van der Waals surface area contributed by atoms with E-state index in [2.05, 4.69) is 10.4 Å². The minimum absolute atomic E-state index is 0.146. The first kappa shape index (κ1) is 17.2. The molecule has 0 saturated heterocycles. The van der Waals surface area contributed by atoms with Gasteiger partial charge < -0.3 is 5.32 Å². The predicted molar refractivity (Wildman–Crippen MR) is 100 cm³/mol. The molecule has 1 aliphatic heterocycles. The number of aryl methyl sites for hydroxylation is 1. The number of nitrogens with one attached hydrogen (secondary N) is 1. The third-order valence-corrected chi connectivity index (χ3v) is 4.26. The number of hydrogen-bond acceptors (Lipinski definition) is 3. The molecule has 2 aromatic rings. The molecule has 0 aromatic heterocycles. The van der Waals surface area contributed by atoms with Gasteiger partial charge in [-0.05, 0) is 42.3 Å². The molecule has 0 unspecified atom stereocenters. The number of nitrogens with zero attached hydrogens (tertiary/aromatic N) is 2. The maximum absolute atomic E-state index is 12.6. The van der Waals surface area contributed by atoms with Gasteiger partial charge in [0.05, 0.1) is 5.69 Å². The lowest BCUT2D eigenvalue weighted by Crippen LogP contribution is -2.36. The van der Waals surface area contributed by atoms with E-state index in [0.717, 1.165) is 17.7 Å². The molecule has 2 aromatic carbocycles. The molecule has 6 heteroatoms. The van der Waals surface area contributed by atoms with Crippen molar-refractivity contribution in [2.24, 2.45) is 5.10 Å². The molecular formula is C19H18ClN3O2. The first-order chi connectivity index (χ1) is 12.1. The summed E-state index contributed by atoms with van der Waals surface area (Å²) < 4.78 is 0. The largest absolute Gasteiger partial charge is 0.321 e. The summed E-state index contributed by atoms with van der Waals surface area (Å²) in [5.41, 5.74) is 2.75. The predicted octanol–water partition coefficient (Wildman–Crippen LogP) is 4.02. The Hall–Kier alpha value is -2.66. The highest BCUT2D eigenvalue weighted by atomic mass is 35.5. The van der Waals surface area contributed by atoms with Gasteiger partial charge in [-0.2, -0.15) is 5.10 Å². The van der Waals surface area contributed by atoms with Crippen molar-refractivity contribution in [1.29, 1.82) is 0 Å². The number of halogens is 1. The van der Waals surface area contributed by atoms with E-state index in [1.165, 1.54) is 5.01 Å². The van der Waals surface area contributed by atoms with Gasteiger partial charge in [0.25, 0.3) is 5.91 Å². The van der Waals surface area contributed by atoms with E-state index in [1.807, 2.05) is 31.2 Å². The second kappa shape index (κ2) is 7.49. The fourth-order valence-corrected chi connectivity index (χ4v) is 2.77. The second-order valence-corrected chi connectivity index (χ2v) is 6.13. The van der Waals surface area contributed by atoms with Crippen molar-refractivity contribution >= 4 is 40.5 Å². The molecule has 0 atom stereocenters. The molecular weight excluding hydrogens is 338 g/mol. The van der Waals surface area contributed by atoms with Gasteiger partial charge in [0.1, 0.15) is 5.71 Å². The molecule has 5 nitrogen and oxygen atoms in total. The molecule has 2 amide bonds. The van der Waals surface area contributed by atoms with E-state index in [1.54, 1.807) is 24.3 Å². The molecule has 0 aliphatic carbocycles. The van der Waals surface area contributed by atoms with Crippen LogP contribution in [0, 0.1) is 0 Å². The van der Waals surface area contributed by atoms with Gasteiger partial charge in [-0.15, -0.1) is 0 Å². The molecule has 1 heterocycles. The average Bonchev–Trinajstić information content (AvgIpc) is 2.63. The highest BCUT2D eigenvalue weighted by Crippen LogP contribution is 2.23. The Kier molecular flexibility index (Phi) is 5.14. The van der Waals surface area contributed by atoms with Crippen LogP contribution in [0.4, 0.5) is 11.4 Å². The quantitative estimate of drug-likeness (QED) is 0.900. The summed E-state index contributed by atoms with van der Waals surface area (Å²) in [5.74, 6) is -0.430. The SMILES string of the molecule is CCc1ccccc1NC(=O)C1=NN(c2ccc(Cl)cc2)C(=O)CC1. The third kappa shape index (κ3) is 3.88. The van der Waals surface area contributed by atoms with Gasteiger partial charge in [0.2, 0.25) is 5.91 Å². The smallest absolute Gasteiger partial charge is 0.271 e. The fourth-order valence-electron chi connectivity index (χ4n) is 2.65. The van der Waals surface area contributed by atoms with Gasteiger partial charge in [-0.3, -0.25) is 9.59 Å². The Morgan fingerprint density at radius 1 is 1.16 bits per heavy atom. The van der Waals surface area contributed by atoms with E-state index >= 15 is 0 Å². The molecule has 0 bridgehead atoms. The van der Waals surface area contributed by atoms with Crippen LogP contribution in [0.25, 0.3) is 0 Å². The highest BCUT2D eigenvalue weighted by Gasteiger charge is 2.25. The van der Waals surface area contributed by atoms with Crippen molar-refractivity contribution in [2.45, 2.75) is 26.2 Å². The molecule has 128 valence electrons. The minimum Gasteiger partial charge on any atom is -0.321 e. The molecule has 0 saturated carbocycles. The van der Waals surface area contributed by atoms with Crippen LogP contribution in [0.2, 0.25) is 5.02 Å². The summed E-state index contributed by atoms with van der Waals surface area (Å²) in [6.07, 6.45) is 1.38. The van der Waals surface area contributed by atoms with Crippen LogP contribution in [0.1, 0.15) is 25.3 Å². The van der Waals surface area contributed by atoms with Crippen LogP contribution in [0.3, 0.4) is 0 Å². The lowest BCUT2D eigenvalue weighted by atomic mass is 10.1. The fraction of sp³-hybridized carbons (Fsp3) is 0.211. The number of hydrogen-bond donors (Lipinski definition) is 1. The molecule has 0 radical (unpaired) electrons. The van der Waals surface area contributed by atoms with Crippen molar-refractivity contribution in [2.75, 3.05) is 10.3 Å². The monoisotopic (exact) mass is 355 g/mol. The number of hydrazone groups is 1. The Balaban J connectivity index is 1.83. The van der Waals surface area contributed by atoms with Gasteiger partial charge in [0, 0.05) is 23.6 Å². The summed E-state index contributed by atoms with van der Waals surface area (Å²) in [7, 11) is 0. The summed E-state index contributed by atoms with van der Waals surface area (Å²) in [6.45, 7) is 2.03. The van der Waals surface area contributed by atoms with Crippen molar-refractivity contribution in [3.8, 4) is 0 Å². The van der Waals surface area contributed by atoms with E-state index in [0.29, 0.717) is 22.8 Å². The van der Waals surface area contributed by atoms with Gasteiger partial charge in [0.15, 0.2) is 0 Å². The zero-order chi connectivity index (χ0) is 17.8. The van der Waals surface area contributed by atoms with Crippen LogP contribution in [0.5, 0.6) is 0 Å².